The molecule has 4 heteroatoms. The van der Waals surface area contributed by atoms with Crippen LogP contribution >= 0.6 is 0 Å². The highest BCUT2D eigenvalue weighted by atomic mass is 16.5. The van der Waals surface area contributed by atoms with Crippen molar-refractivity contribution in [1.29, 1.82) is 0 Å². The van der Waals surface area contributed by atoms with Crippen molar-refractivity contribution in [2.24, 2.45) is 0 Å². The Hall–Kier alpha value is -1.26. The molecule has 1 aromatic rings. The topological polar surface area (TPSA) is 50.7 Å². The molecular weight excluding hydrogens is 230 g/mol. The van der Waals surface area contributed by atoms with E-state index in [-0.39, 0.29) is 6.04 Å². The molecule has 0 spiro atoms. The van der Waals surface area contributed by atoms with E-state index in [1.54, 1.807) is 21.1 Å². The molecule has 2 atom stereocenters. The molecule has 0 radical (unpaired) electrons. The summed E-state index contributed by atoms with van der Waals surface area (Å²) < 4.78 is 10.9. The van der Waals surface area contributed by atoms with Gasteiger partial charge < -0.3 is 19.9 Å². The zero-order chi connectivity index (χ0) is 13.9. The molecular formula is C14H23NO3. The second kappa shape index (κ2) is 6.07. The van der Waals surface area contributed by atoms with Crippen LogP contribution in [-0.4, -0.2) is 32.5 Å². The number of ether oxygens (including phenoxy) is 2. The molecule has 18 heavy (non-hydrogen) atoms. The highest BCUT2D eigenvalue weighted by molar-refractivity contribution is 5.53. The van der Waals surface area contributed by atoms with Gasteiger partial charge in [-0.15, -0.1) is 0 Å². The van der Waals surface area contributed by atoms with Crippen LogP contribution in [0.1, 0.15) is 29.7 Å². The summed E-state index contributed by atoms with van der Waals surface area (Å²) in [6, 6.07) is 1.74. The molecule has 0 aliphatic rings. The third-order valence-electron chi connectivity index (χ3n) is 3.37. The van der Waals surface area contributed by atoms with E-state index in [2.05, 4.69) is 5.32 Å². The number of hydrogen-bond donors (Lipinski definition) is 2. The summed E-state index contributed by atoms with van der Waals surface area (Å²) in [4.78, 5) is 0. The third-order valence-corrected chi connectivity index (χ3v) is 3.37. The van der Waals surface area contributed by atoms with Crippen molar-refractivity contribution in [2.45, 2.75) is 32.9 Å². The molecule has 0 saturated carbocycles. The minimum atomic E-state index is -0.518. The third kappa shape index (κ3) is 2.60. The Kier molecular flexibility index (Phi) is 4.99. The fraction of sp³-hybridized carbons (Fsp3) is 0.571. The zero-order valence-electron chi connectivity index (χ0n) is 12.0. The van der Waals surface area contributed by atoms with Gasteiger partial charge >= 0.3 is 0 Å². The van der Waals surface area contributed by atoms with Gasteiger partial charge in [0.2, 0.25) is 0 Å². The highest BCUT2D eigenvalue weighted by Crippen LogP contribution is 2.37. The van der Waals surface area contributed by atoms with E-state index < -0.39 is 6.10 Å². The first kappa shape index (κ1) is 14.8. The Bertz CT molecular complexity index is 416. The van der Waals surface area contributed by atoms with E-state index in [9.17, 15) is 5.11 Å². The SMILES string of the molecule is CNC(c1cc(OC)c(C)c(C)c1OC)C(C)O. The van der Waals surface area contributed by atoms with E-state index in [0.717, 1.165) is 28.2 Å². The van der Waals surface area contributed by atoms with E-state index in [0.29, 0.717) is 0 Å². The summed E-state index contributed by atoms with van der Waals surface area (Å²) in [6.07, 6.45) is -0.518. The van der Waals surface area contributed by atoms with Gasteiger partial charge in [-0.1, -0.05) is 0 Å². The van der Waals surface area contributed by atoms with E-state index in [1.807, 2.05) is 27.0 Å². The van der Waals surface area contributed by atoms with Crippen molar-refractivity contribution < 1.29 is 14.6 Å². The summed E-state index contributed by atoms with van der Waals surface area (Å²) >= 11 is 0. The molecule has 0 heterocycles. The van der Waals surface area contributed by atoms with Crippen LogP contribution in [0.2, 0.25) is 0 Å². The van der Waals surface area contributed by atoms with Crippen molar-refractivity contribution in [3.8, 4) is 11.5 Å². The summed E-state index contributed by atoms with van der Waals surface area (Å²) in [5, 5.41) is 13.0. The van der Waals surface area contributed by atoms with E-state index in [1.165, 1.54) is 0 Å². The summed E-state index contributed by atoms with van der Waals surface area (Å²) in [5.74, 6) is 1.61. The monoisotopic (exact) mass is 253 g/mol. The van der Waals surface area contributed by atoms with Gasteiger partial charge in [0, 0.05) is 5.56 Å². The fourth-order valence-corrected chi connectivity index (χ4v) is 2.26. The van der Waals surface area contributed by atoms with Gasteiger partial charge in [0.25, 0.3) is 0 Å². The number of likely N-dealkylation sites (N-methyl/N-ethyl adjacent to an activating group) is 1. The molecule has 0 aliphatic heterocycles. The zero-order valence-corrected chi connectivity index (χ0v) is 12.0. The number of hydrogen-bond acceptors (Lipinski definition) is 4. The molecule has 0 aliphatic carbocycles. The van der Waals surface area contributed by atoms with Crippen molar-refractivity contribution in [1.82, 2.24) is 5.32 Å². The highest BCUT2D eigenvalue weighted by Gasteiger charge is 2.23. The number of aliphatic hydroxyl groups excluding tert-OH is 1. The molecule has 0 amide bonds. The molecule has 0 fully saturated rings. The number of rotatable bonds is 5. The van der Waals surface area contributed by atoms with Gasteiger partial charge in [-0.3, -0.25) is 0 Å². The van der Waals surface area contributed by atoms with Crippen LogP contribution in [0.5, 0.6) is 11.5 Å². The fourth-order valence-electron chi connectivity index (χ4n) is 2.26. The number of benzene rings is 1. The van der Waals surface area contributed by atoms with Crippen LogP contribution in [0.15, 0.2) is 6.07 Å². The summed E-state index contributed by atoms with van der Waals surface area (Å²) in [7, 11) is 5.11. The maximum atomic E-state index is 9.85. The summed E-state index contributed by atoms with van der Waals surface area (Å²) in [6.45, 7) is 5.74. The molecule has 4 nitrogen and oxygen atoms in total. The Labute approximate surface area is 109 Å². The molecule has 1 rings (SSSR count). The van der Waals surface area contributed by atoms with Crippen LogP contribution in [-0.2, 0) is 0 Å². The Morgan fingerprint density at radius 3 is 2.17 bits per heavy atom. The number of aliphatic hydroxyl groups is 1. The molecule has 0 aromatic heterocycles. The van der Waals surface area contributed by atoms with Gasteiger partial charge in [-0.2, -0.15) is 0 Å². The predicted octanol–water partition coefficient (Wildman–Crippen LogP) is 1.96. The minimum Gasteiger partial charge on any atom is -0.496 e. The maximum absolute atomic E-state index is 9.85. The standard InChI is InChI=1S/C14H23NO3/c1-8-9(2)14(18-6)11(7-12(8)17-5)13(15-4)10(3)16/h7,10,13,15-16H,1-6H3. The largest absolute Gasteiger partial charge is 0.496 e. The lowest BCUT2D eigenvalue weighted by Crippen LogP contribution is -2.27. The molecule has 2 unspecified atom stereocenters. The smallest absolute Gasteiger partial charge is 0.127 e. The van der Waals surface area contributed by atoms with Crippen molar-refractivity contribution >= 4 is 0 Å². The average molecular weight is 253 g/mol. The van der Waals surface area contributed by atoms with Gasteiger partial charge in [-0.05, 0) is 45.0 Å². The molecule has 0 bridgehead atoms. The predicted molar refractivity (Wildman–Crippen MR) is 72.5 cm³/mol. The van der Waals surface area contributed by atoms with Crippen LogP contribution in [0, 0.1) is 13.8 Å². The lowest BCUT2D eigenvalue weighted by atomic mass is 9.95. The van der Waals surface area contributed by atoms with Gasteiger partial charge in [0.15, 0.2) is 0 Å². The van der Waals surface area contributed by atoms with E-state index in [4.69, 9.17) is 9.47 Å². The number of nitrogens with one attached hydrogen (secondary N) is 1. The second-order valence-electron chi connectivity index (χ2n) is 4.46. The van der Waals surface area contributed by atoms with Gasteiger partial charge in [0.05, 0.1) is 26.4 Å². The molecule has 2 N–H and O–H groups in total. The number of methoxy groups -OCH3 is 2. The molecule has 0 saturated heterocycles. The van der Waals surface area contributed by atoms with Crippen molar-refractivity contribution in [3.63, 3.8) is 0 Å². The van der Waals surface area contributed by atoms with Gasteiger partial charge in [-0.25, -0.2) is 0 Å². The molecule has 102 valence electrons. The Morgan fingerprint density at radius 2 is 1.78 bits per heavy atom. The Morgan fingerprint density at radius 1 is 1.17 bits per heavy atom. The van der Waals surface area contributed by atoms with Crippen molar-refractivity contribution in [3.05, 3.63) is 22.8 Å². The molecule has 1 aromatic carbocycles. The quantitative estimate of drug-likeness (QED) is 0.842. The second-order valence-corrected chi connectivity index (χ2v) is 4.46. The lowest BCUT2D eigenvalue weighted by Gasteiger charge is -2.25. The van der Waals surface area contributed by atoms with Gasteiger partial charge in [0.1, 0.15) is 11.5 Å². The van der Waals surface area contributed by atoms with Crippen LogP contribution in [0.25, 0.3) is 0 Å². The van der Waals surface area contributed by atoms with Crippen LogP contribution in [0.4, 0.5) is 0 Å². The normalized spacial score (nSPS) is 14.2. The summed E-state index contributed by atoms with van der Waals surface area (Å²) in [5.41, 5.74) is 3.00. The minimum absolute atomic E-state index is 0.187. The first-order valence-corrected chi connectivity index (χ1v) is 6.05. The first-order chi connectivity index (χ1) is 8.47. The Balaban J connectivity index is 3.45. The van der Waals surface area contributed by atoms with Crippen LogP contribution in [0.3, 0.4) is 0 Å². The lowest BCUT2D eigenvalue weighted by molar-refractivity contribution is 0.148. The maximum Gasteiger partial charge on any atom is 0.127 e. The first-order valence-electron chi connectivity index (χ1n) is 6.05. The van der Waals surface area contributed by atoms with Crippen LogP contribution < -0.4 is 14.8 Å². The van der Waals surface area contributed by atoms with E-state index >= 15 is 0 Å². The average Bonchev–Trinajstić information content (AvgIpc) is 2.34. The van der Waals surface area contributed by atoms with Crippen molar-refractivity contribution in [2.75, 3.05) is 21.3 Å².